The van der Waals surface area contributed by atoms with Gasteiger partial charge >= 0.3 is 0 Å². The predicted molar refractivity (Wildman–Crippen MR) is 68.7 cm³/mol. The van der Waals surface area contributed by atoms with Crippen LogP contribution in [0.4, 0.5) is 0 Å². The molecule has 0 N–H and O–H groups in total. The van der Waals surface area contributed by atoms with Crippen LogP contribution in [0, 0.1) is 0 Å². The highest BCUT2D eigenvalue weighted by Gasteiger charge is 2.23. The molecule has 0 bridgehead atoms. The van der Waals surface area contributed by atoms with Gasteiger partial charge < -0.3 is 0 Å². The first kappa shape index (κ1) is 10.6. The molecule has 1 aliphatic heterocycles. The summed E-state index contributed by atoms with van der Waals surface area (Å²) in [6.07, 6.45) is 4.83. The molecule has 1 heterocycles. The minimum atomic E-state index is -0.971. The Kier molecular flexibility index (Phi) is 2.78. The summed E-state index contributed by atoms with van der Waals surface area (Å²) in [6, 6.07) is 8.75. The van der Waals surface area contributed by atoms with Crippen molar-refractivity contribution in [3.05, 3.63) is 35.4 Å². The standard InChI is InChI=1S/C13H20NSi/c1-15(2,3)11-14-9-8-12-6-4-5-7-13(12)10-14/h4-7,10H,8-9,11H2,1-3H3/q+1. The average Bonchev–Trinajstić information content (AvgIpc) is 2.15. The third-order valence-corrected chi connectivity index (χ3v) is 4.08. The van der Waals surface area contributed by atoms with Gasteiger partial charge in [0.25, 0.3) is 0 Å². The minimum absolute atomic E-state index is 0.971. The van der Waals surface area contributed by atoms with E-state index in [2.05, 4.69) is 54.7 Å². The smallest absolute Gasteiger partial charge is 0.170 e. The second-order valence-electron chi connectivity index (χ2n) is 5.61. The third-order valence-electron chi connectivity index (χ3n) is 2.72. The summed E-state index contributed by atoms with van der Waals surface area (Å²) in [5, 5.41) is 0. The summed E-state index contributed by atoms with van der Waals surface area (Å²) in [5.74, 6) is 0. The van der Waals surface area contributed by atoms with Gasteiger partial charge in [-0.2, -0.15) is 0 Å². The SMILES string of the molecule is C[Si](C)(C)C[N+]1=Cc2ccccc2CC1. The third kappa shape index (κ3) is 2.78. The van der Waals surface area contributed by atoms with Gasteiger partial charge in [-0.05, 0) is 11.6 Å². The van der Waals surface area contributed by atoms with E-state index in [4.69, 9.17) is 0 Å². The van der Waals surface area contributed by atoms with Crippen LogP contribution in [0.15, 0.2) is 24.3 Å². The van der Waals surface area contributed by atoms with Crippen LogP contribution in [0.1, 0.15) is 11.1 Å². The molecule has 0 aliphatic carbocycles. The Labute approximate surface area is 93.5 Å². The van der Waals surface area contributed by atoms with Crippen molar-refractivity contribution in [3.8, 4) is 0 Å². The van der Waals surface area contributed by atoms with Gasteiger partial charge in [-0.25, -0.2) is 4.58 Å². The quantitative estimate of drug-likeness (QED) is 0.530. The predicted octanol–water partition coefficient (Wildman–Crippen LogP) is 2.55. The van der Waals surface area contributed by atoms with Crippen molar-refractivity contribution in [1.29, 1.82) is 0 Å². The zero-order chi connectivity index (χ0) is 10.9. The molecule has 2 rings (SSSR count). The summed E-state index contributed by atoms with van der Waals surface area (Å²) in [6.45, 7) is 8.49. The summed E-state index contributed by atoms with van der Waals surface area (Å²) in [7, 11) is -0.971. The van der Waals surface area contributed by atoms with Gasteiger partial charge in [0.15, 0.2) is 6.21 Å². The Bertz CT molecular complexity index is 388. The van der Waals surface area contributed by atoms with E-state index in [-0.39, 0.29) is 0 Å². The Morgan fingerprint density at radius 1 is 1.20 bits per heavy atom. The second-order valence-corrected chi connectivity index (χ2v) is 11.0. The zero-order valence-corrected chi connectivity index (χ0v) is 11.0. The Balaban J connectivity index is 2.22. The number of hydrogen-bond donors (Lipinski definition) is 0. The molecule has 1 aliphatic rings. The summed E-state index contributed by atoms with van der Waals surface area (Å²) < 4.78 is 2.51. The van der Waals surface area contributed by atoms with Crippen LogP contribution in [0.5, 0.6) is 0 Å². The van der Waals surface area contributed by atoms with Crippen LogP contribution in [-0.4, -0.2) is 31.6 Å². The van der Waals surface area contributed by atoms with Gasteiger partial charge in [0, 0.05) is 12.0 Å². The zero-order valence-electron chi connectivity index (χ0n) is 9.96. The molecule has 0 spiro atoms. The normalized spacial score (nSPS) is 15.8. The molecule has 0 saturated heterocycles. The topological polar surface area (TPSA) is 3.01 Å². The molecule has 0 saturated carbocycles. The van der Waals surface area contributed by atoms with Crippen LogP contribution in [0.25, 0.3) is 0 Å². The van der Waals surface area contributed by atoms with E-state index >= 15 is 0 Å². The lowest BCUT2D eigenvalue weighted by molar-refractivity contribution is -0.508. The average molecular weight is 218 g/mol. The lowest BCUT2D eigenvalue weighted by atomic mass is 10.0. The van der Waals surface area contributed by atoms with Crippen molar-refractivity contribution in [2.75, 3.05) is 12.7 Å². The lowest BCUT2D eigenvalue weighted by Crippen LogP contribution is -2.37. The number of benzene rings is 1. The van der Waals surface area contributed by atoms with Gasteiger partial charge in [-0.15, -0.1) is 0 Å². The maximum absolute atomic E-state index is 2.51. The van der Waals surface area contributed by atoms with E-state index in [1.54, 1.807) is 0 Å². The van der Waals surface area contributed by atoms with E-state index in [9.17, 15) is 0 Å². The summed E-state index contributed by atoms with van der Waals surface area (Å²) in [4.78, 5) is 0. The Morgan fingerprint density at radius 2 is 1.93 bits per heavy atom. The molecular formula is C13H20NSi+. The number of rotatable bonds is 2. The molecule has 0 atom stereocenters. The molecule has 80 valence electrons. The number of fused-ring (bicyclic) bond motifs is 1. The first-order chi connectivity index (χ1) is 7.04. The monoisotopic (exact) mass is 218 g/mol. The van der Waals surface area contributed by atoms with Crippen LogP contribution >= 0.6 is 0 Å². The van der Waals surface area contributed by atoms with Gasteiger partial charge in [0.2, 0.25) is 0 Å². The van der Waals surface area contributed by atoms with Crippen LogP contribution in [-0.2, 0) is 6.42 Å². The largest absolute Gasteiger partial charge is 0.239 e. The first-order valence-corrected chi connectivity index (χ1v) is 9.42. The maximum atomic E-state index is 2.51. The van der Waals surface area contributed by atoms with Crippen molar-refractivity contribution in [2.45, 2.75) is 26.1 Å². The van der Waals surface area contributed by atoms with Crippen molar-refractivity contribution in [3.63, 3.8) is 0 Å². The van der Waals surface area contributed by atoms with E-state index < -0.39 is 8.07 Å². The fourth-order valence-corrected chi connectivity index (χ4v) is 3.62. The highest BCUT2D eigenvalue weighted by molar-refractivity contribution is 6.75. The molecule has 0 unspecified atom stereocenters. The lowest BCUT2D eigenvalue weighted by Gasteiger charge is -2.17. The maximum Gasteiger partial charge on any atom is 0.170 e. The van der Waals surface area contributed by atoms with Gasteiger partial charge in [0.05, 0.1) is 0 Å². The Morgan fingerprint density at radius 3 is 2.67 bits per heavy atom. The molecular weight excluding hydrogens is 198 g/mol. The summed E-state index contributed by atoms with van der Waals surface area (Å²) >= 11 is 0. The van der Waals surface area contributed by atoms with Crippen LogP contribution in [0.3, 0.4) is 0 Å². The fourth-order valence-electron chi connectivity index (χ4n) is 2.15. The minimum Gasteiger partial charge on any atom is -0.239 e. The van der Waals surface area contributed by atoms with Crippen molar-refractivity contribution >= 4 is 14.3 Å². The van der Waals surface area contributed by atoms with E-state index in [0.717, 1.165) is 0 Å². The molecule has 2 heteroatoms. The number of hydrogen-bond acceptors (Lipinski definition) is 0. The first-order valence-electron chi connectivity index (χ1n) is 5.71. The van der Waals surface area contributed by atoms with E-state index in [1.165, 1.54) is 30.3 Å². The van der Waals surface area contributed by atoms with Gasteiger partial charge in [-0.3, -0.25) is 0 Å². The van der Waals surface area contributed by atoms with E-state index in [1.807, 2.05) is 0 Å². The molecule has 1 nitrogen and oxygen atoms in total. The molecule has 0 fully saturated rings. The second kappa shape index (κ2) is 3.93. The molecule has 0 amide bonds. The molecule has 15 heavy (non-hydrogen) atoms. The van der Waals surface area contributed by atoms with Crippen molar-refractivity contribution in [1.82, 2.24) is 0 Å². The molecule has 0 radical (unpaired) electrons. The number of nitrogens with zero attached hydrogens (tertiary/aromatic N) is 1. The van der Waals surface area contributed by atoms with Crippen LogP contribution < -0.4 is 0 Å². The van der Waals surface area contributed by atoms with Crippen LogP contribution in [0.2, 0.25) is 19.6 Å². The van der Waals surface area contributed by atoms with Crippen molar-refractivity contribution < 1.29 is 4.58 Å². The highest BCUT2D eigenvalue weighted by Crippen LogP contribution is 2.12. The van der Waals surface area contributed by atoms with Crippen molar-refractivity contribution in [2.24, 2.45) is 0 Å². The fraction of sp³-hybridized carbons (Fsp3) is 0.462. The van der Waals surface area contributed by atoms with Gasteiger partial charge in [0.1, 0.15) is 20.8 Å². The Hall–Kier alpha value is -0.893. The molecule has 1 aromatic carbocycles. The molecule has 0 aromatic heterocycles. The molecule has 1 aromatic rings. The van der Waals surface area contributed by atoms with Gasteiger partial charge in [-0.1, -0.05) is 37.8 Å². The van der Waals surface area contributed by atoms with E-state index in [0.29, 0.717) is 0 Å². The summed E-state index contributed by atoms with van der Waals surface area (Å²) in [5.41, 5.74) is 2.92. The highest BCUT2D eigenvalue weighted by atomic mass is 28.3.